The summed E-state index contributed by atoms with van der Waals surface area (Å²) in [5.74, 6) is -1.50. The molecule has 240 valence electrons. The molecule has 0 unspecified atom stereocenters. The highest BCUT2D eigenvalue weighted by atomic mass is 35.5. The van der Waals surface area contributed by atoms with Gasteiger partial charge in [0.2, 0.25) is 0 Å². The minimum atomic E-state index is -2.13. The smallest absolute Gasteiger partial charge is 0.192 e. The zero-order valence-corrected chi connectivity index (χ0v) is 28.9. The third kappa shape index (κ3) is 11.1. The lowest BCUT2D eigenvalue weighted by molar-refractivity contribution is -0.313. The number of ether oxygens (including phenoxy) is 5. The summed E-state index contributed by atoms with van der Waals surface area (Å²) in [5, 5.41) is 12.5. The fourth-order valence-corrected chi connectivity index (χ4v) is 7.06. The summed E-state index contributed by atoms with van der Waals surface area (Å²) in [4.78, 5) is 0. The fourth-order valence-electron chi connectivity index (χ4n) is 5.51. The van der Waals surface area contributed by atoms with Crippen LogP contribution in [0.5, 0.6) is 0 Å². The summed E-state index contributed by atoms with van der Waals surface area (Å²) in [6.45, 7) is 20.3. The van der Waals surface area contributed by atoms with E-state index in [9.17, 15) is 0 Å². The molecule has 2 heterocycles. The summed E-state index contributed by atoms with van der Waals surface area (Å²) >= 11 is 6.08. The summed E-state index contributed by atoms with van der Waals surface area (Å²) < 4.78 is 38.3. The summed E-state index contributed by atoms with van der Waals surface area (Å²) in [7, 11) is -2.13. The van der Waals surface area contributed by atoms with Gasteiger partial charge in [-0.1, -0.05) is 67.9 Å². The molecule has 0 saturated carbocycles. The van der Waals surface area contributed by atoms with E-state index in [1.54, 1.807) is 0 Å². The normalized spacial score (nSPS) is 27.5. The molecular formula is C32H54ClNO7Si. The molecule has 0 aliphatic carbocycles. The van der Waals surface area contributed by atoms with Crippen molar-refractivity contribution >= 4 is 25.1 Å². The van der Waals surface area contributed by atoms with Gasteiger partial charge < -0.3 is 33.3 Å². The number of benzene rings is 1. The van der Waals surface area contributed by atoms with Crippen LogP contribution in [0.25, 0.3) is 0 Å². The van der Waals surface area contributed by atoms with E-state index in [1.165, 1.54) is 5.56 Å². The second-order valence-electron chi connectivity index (χ2n) is 14.1. The van der Waals surface area contributed by atoms with Gasteiger partial charge in [0, 0.05) is 25.9 Å². The van der Waals surface area contributed by atoms with Crippen molar-refractivity contribution in [1.29, 1.82) is 0 Å². The zero-order valence-electron chi connectivity index (χ0n) is 27.2. The van der Waals surface area contributed by atoms with E-state index in [4.69, 9.17) is 44.9 Å². The van der Waals surface area contributed by atoms with E-state index in [1.807, 2.05) is 45.9 Å². The lowest BCUT2D eigenvalue weighted by atomic mass is 9.95. The first-order chi connectivity index (χ1) is 19.5. The Balaban J connectivity index is 1.67. The largest absolute Gasteiger partial charge is 0.411 e. The highest BCUT2D eigenvalue weighted by Gasteiger charge is 2.45. The van der Waals surface area contributed by atoms with Gasteiger partial charge in [0.05, 0.1) is 37.1 Å². The third-order valence-electron chi connectivity index (χ3n) is 8.45. The van der Waals surface area contributed by atoms with Gasteiger partial charge in [0.25, 0.3) is 0 Å². The predicted molar refractivity (Wildman–Crippen MR) is 169 cm³/mol. The van der Waals surface area contributed by atoms with Crippen LogP contribution in [-0.4, -0.2) is 67.4 Å². The first-order valence-electron chi connectivity index (χ1n) is 15.4. The van der Waals surface area contributed by atoms with E-state index in [2.05, 4.69) is 51.2 Å². The van der Waals surface area contributed by atoms with Gasteiger partial charge in [-0.3, -0.25) is 0 Å². The van der Waals surface area contributed by atoms with Crippen molar-refractivity contribution in [2.75, 3.05) is 6.61 Å². The Labute approximate surface area is 259 Å². The van der Waals surface area contributed by atoms with Gasteiger partial charge >= 0.3 is 0 Å². The highest BCUT2D eigenvalue weighted by Crippen LogP contribution is 2.41. The maximum atomic E-state index is 9.14. The van der Waals surface area contributed by atoms with Gasteiger partial charge in [-0.05, 0) is 70.7 Å². The van der Waals surface area contributed by atoms with E-state index in [0.717, 1.165) is 25.7 Å². The molecule has 5 atom stereocenters. The van der Waals surface area contributed by atoms with Crippen LogP contribution in [-0.2, 0) is 34.7 Å². The van der Waals surface area contributed by atoms with E-state index in [-0.39, 0.29) is 40.7 Å². The first-order valence-corrected chi connectivity index (χ1v) is 18.6. The molecule has 2 aliphatic rings. The molecule has 0 radical (unpaired) electrons. The molecule has 1 N–H and O–H groups in total. The average molecular weight is 628 g/mol. The third-order valence-corrected chi connectivity index (χ3v) is 13.2. The van der Waals surface area contributed by atoms with Crippen molar-refractivity contribution in [3.63, 3.8) is 0 Å². The van der Waals surface area contributed by atoms with Crippen LogP contribution in [0.4, 0.5) is 0 Å². The summed E-state index contributed by atoms with van der Waals surface area (Å²) in [5.41, 5.74) is 1.17. The van der Waals surface area contributed by atoms with Crippen molar-refractivity contribution in [3.8, 4) is 0 Å². The Kier molecular flexibility index (Phi) is 12.5. The monoisotopic (exact) mass is 627 g/mol. The minimum Gasteiger partial charge on any atom is -0.411 e. The maximum Gasteiger partial charge on any atom is 0.192 e. The first kappa shape index (κ1) is 35.4. The number of oxime groups is 1. The molecule has 2 aliphatic heterocycles. The molecule has 0 amide bonds. The van der Waals surface area contributed by atoms with Crippen LogP contribution in [0.3, 0.4) is 0 Å². The van der Waals surface area contributed by atoms with Crippen molar-refractivity contribution in [2.45, 2.75) is 154 Å². The van der Waals surface area contributed by atoms with Crippen LogP contribution in [0.1, 0.15) is 92.6 Å². The quantitative estimate of drug-likeness (QED) is 0.0779. The highest BCUT2D eigenvalue weighted by molar-refractivity contribution is 6.74. The number of nitrogens with zero attached hydrogens (tertiary/aromatic N) is 1. The number of hydrogen-bond donors (Lipinski definition) is 1. The molecule has 0 bridgehead atoms. The molecule has 2 saturated heterocycles. The fraction of sp³-hybridized carbons (Fsp3) is 0.781. The topological polar surface area (TPSA) is 88.0 Å². The van der Waals surface area contributed by atoms with Crippen LogP contribution in [0.2, 0.25) is 18.1 Å². The van der Waals surface area contributed by atoms with Crippen molar-refractivity contribution < 1.29 is 33.3 Å². The number of rotatable bonds is 13. The molecule has 0 spiro atoms. The van der Waals surface area contributed by atoms with Gasteiger partial charge in [-0.25, -0.2) is 0 Å². The van der Waals surface area contributed by atoms with E-state index >= 15 is 0 Å². The minimum absolute atomic E-state index is 0.0259. The number of hydrogen-bond acceptors (Lipinski definition) is 8. The van der Waals surface area contributed by atoms with Crippen molar-refractivity contribution in [1.82, 2.24) is 0 Å². The zero-order chi connectivity index (χ0) is 31.2. The van der Waals surface area contributed by atoms with E-state index in [0.29, 0.717) is 26.1 Å². The Morgan fingerprint density at radius 1 is 0.976 bits per heavy atom. The second kappa shape index (κ2) is 14.8. The Morgan fingerprint density at radius 3 is 2.19 bits per heavy atom. The van der Waals surface area contributed by atoms with E-state index < -0.39 is 19.9 Å². The molecule has 3 rings (SSSR count). The molecular weight excluding hydrogens is 574 g/mol. The average Bonchev–Trinajstić information content (AvgIpc) is 2.87. The molecule has 42 heavy (non-hydrogen) atoms. The summed E-state index contributed by atoms with van der Waals surface area (Å²) in [6.07, 6.45) is 3.60. The van der Waals surface area contributed by atoms with Crippen molar-refractivity contribution in [2.24, 2.45) is 5.16 Å². The molecule has 1 aromatic rings. The van der Waals surface area contributed by atoms with Crippen LogP contribution < -0.4 is 0 Å². The predicted octanol–water partition coefficient (Wildman–Crippen LogP) is 8.00. The van der Waals surface area contributed by atoms with Crippen LogP contribution >= 0.6 is 11.6 Å². The lowest BCUT2D eigenvalue weighted by Gasteiger charge is -2.47. The molecule has 1 aromatic carbocycles. The Hall–Kier alpha value is -1.04. The van der Waals surface area contributed by atoms with Gasteiger partial charge in [0.1, 0.15) is 5.17 Å². The molecule has 8 nitrogen and oxygen atoms in total. The van der Waals surface area contributed by atoms with Crippen LogP contribution in [0.15, 0.2) is 35.5 Å². The van der Waals surface area contributed by atoms with Crippen LogP contribution in [0, 0.1) is 0 Å². The molecule has 10 heteroatoms. The van der Waals surface area contributed by atoms with Gasteiger partial charge in [0.15, 0.2) is 19.9 Å². The van der Waals surface area contributed by atoms with Gasteiger partial charge in [-0.2, -0.15) is 0 Å². The molecule has 0 aromatic heterocycles. The Morgan fingerprint density at radius 2 is 1.57 bits per heavy atom. The van der Waals surface area contributed by atoms with Gasteiger partial charge in [-0.15, -0.1) is 0 Å². The number of halogens is 1. The summed E-state index contributed by atoms with van der Waals surface area (Å²) in [6, 6.07) is 10.2. The second-order valence-corrected chi connectivity index (χ2v) is 19.3. The molecule has 2 fully saturated rings. The lowest BCUT2D eigenvalue weighted by Crippen LogP contribution is -2.54. The van der Waals surface area contributed by atoms with Crippen molar-refractivity contribution in [3.05, 3.63) is 35.9 Å². The maximum absolute atomic E-state index is 9.14. The Bertz CT molecular complexity index is 998. The SMILES string of the molecule is CC1(C)O[C@H](CC[C@@H](O[Si](C)(C)C(C)(C)C)[C@H]2C[C@@H](C/C(Cl)=N/O)OC(C)(C)O2)C[C@H](CCOCc2ccccc2)O1. The standard InChI is InChI=1S/C32H54ClNO7Si/c1-30(2,3)42(8,9)41-27(28-20-26(21-29(33)34-35)39-32(6,7)40-28)16-15-24-19-25(38-31(4,5)37-24)17-18-36-22-23-13-11-10-12-14-23/h10-14,24-28,35H,15-22H2,1-9H3/b34-29-/t24-,25+,26+,27-,28-/m1/s1.